The van der Waals surface area contributed by atoms with Gasteiger partial charge in [0.15, 0.2) is 5.13 Å². The summed E-state index contributed by atoms with van der Waals surface area (Å²) in [6.07, 6.45) is 1.66. The topological polar surface area (TPSA) is 68.0 Å². The van der Waals surface area contributed by atoms with Crippen LogP contribution in [0.15, 0.2) is 35.8 Å². The average molecular weight is 323 g/mol. The van der Waals surface area contributed by atoms with Gasteiger partial charge in [0.25, 0.3) is 0 Å². The highest BCUT2D eigenvalue weighted by molar-refractivity contribution is 7.99. The van der Waals surface area contributed by atoms with Crippen molar-refractivity contribution in [1.29, 1.82) is 0 Å². The Bertz CT molecular complexity index is 581. The lowest BCUT2D eigenvalue weighted by Gasteiger charge is -2.04. The number of carbonyl (C=O) groups is 1. The molecule has 1 heterocycles. The summed E-state index contributed by atoms with van der Waals surface area (Å²) < 4.78 is 0. The minimum atomic E-state index is -0.0373. The number of thiazole rings is 1. The Morgan fingerprint density at radius 2 is 2.15 bits per heavy atom. The van der Waals surface area contributed by atoms with Gasteiger partial charge in [-0.25, -0.2) is 4.98 Å². The van der Waals surface area contributed by atoms with Gasteiger partial charge in [-0.2, -0.15) is 0 Å². The summed E-state index contributed by atoms with van der Waals surface area (Å²) >= 11 is 7.86. The van der Waals surface area contributed by atoms with E-state index in [1.807, 2.05) is 29.6 Å². The number of aromatic nitrogens is 1. The Hall–Kier alpha value is -1.44. The molecule has 0 atom stereocenters. The highest BCUT2D eigenvalue weighted by Crippen LogP contribution is 2.15. The molecule has 2 aromatic rings. The van der Waals surface area contributed by atoms with Crippen LogP contribution >= 0.6 is 35.3 Å². The number of hydrogen-bond donors (Lipinski definition) is 2. The first-order valence-corrected chi connectivity index (χ1v) is 8.25. The molecule has 2 rings (SSSR count). The van der Waals surface area contributed by atoms with Crippen molar-refractivity contribution in [3.05, 3.63) is 47.0 Å². The van der Waals surface area contributed by atoms with Gasteiger partial charge >= 0.3 is 0 Å². The van der Waals surface area contributed by atoms with Gasteiger partial charge in [-0.3, -0.25) is 4.79 Å². The molecule has 3 N–H and O–H groups in total. The van der Waals surface area contributed by atoms with Crippen molar-refractivity contribution in [2.24, 2.45) is 5.73 Å². The Kier molecular flexibility index (Phi) is 5.51. The van der Waals surface area contributed by atoms with Gasteiger partial charge in [-0.05, 0) is 5.56 Å². The Morgan fingerprint density at radius 3 is 2.75 bits per heavy atom. The fourth-order valence-electron chi connectivity index (χ4n) is 1.47. The summed E-state index contributed by atoms with van der Waals surface area (Å²) in [4.78, 5) is 16.0. The average Bonchev–Trinajstić information content (AvgIpc) is 2.92. The van der Waals surface area contributed by atoms with Crippen molar-refractivity contribution in [2.45, 2.75) is 5.75 Å². The number of benzene rings is 1. The molecule has 0 spiro atoms. The first-order valence-electron chi connectivity index (χ1n) is 5.81. The standard InChI is InChI=1S/C13H13N3OS3/c14-12(18)10-3-1-9(2-4-10)7-19-8-11(17)16-13-15-5-6-20-13/h1-6H,7-8H2,(H2,14,18)(H,15,16,17). The highest BCUT2D eigenvalue weighted by atomic mass is 32.2. The third-order valence-corrected chi connectivity index (χ3v) is 4.35. The monoisotopic (exact) mass is 323 g/mol. The Morgan fingerprint density at radius 1 is 1.40 bits per heavy atom. The molecular formula is C13H13N3OS3. The normalized spacial score (nSPS) is 10.2. The van der Waals surface area contributed by atoms with Gasteiger partial charge in [0.2, 0.25) is 5.91 Å². The van der Waals surface area contributed by atoms with Crippen LogP contribution in [0.4, 0.5) is 5.13 Å². The van der Waals surface area contributed by atoms with E-state index in [1.54, 1.807) is 18.0 Å². The van der Waals surface area contributed by atoms with E-state index in [2.05, 4.69) is 10.3 Å². The molecule has 7 heteroatoms. The fourth-order valence-corrected chi connectivity index (χ4v) is 2.94. The molecule has 0 bridgehead atoms. The first kappa shape index (κ1) is 15.0. The number of nitrogens with two attached hydrogens (primary N) is 1. The summed E-state index contributed by atoms with van der Waals surface area (Å²) in [6.45, 7) is 0. The van der Waals surface area contributed by atoms with Crippen LogP contribution in [0, 0.1) is 0 Å². The summed E-state index contributed by atoms with van der Waals surface area (Å²) in [6, 6.07) is 7.74. The molecule has 0 radical (unpaired) electrons. The molecule has 20 heavy (non-hydrogen) atoms. The molecule has 0 aliphatic carbocycles. The molecular weight excluding hydrogens is 310 g/mol. The number of nitrogens with one attached hydrogen (secondary N) is 1. The van der Waals surface area contributed by atoms with Crippen molar-refractivity contribution in [2.75, 3.05) is 11.1 Å². The van der Waals surface area contributed by atoms with Crippen molar-refractivity contribution >= 4 is 51.3 Å². The highest BCUT2D eigenvalue weighted by Gasteiger charge is 2.04. The van der Waals surface area contributed by atoms with Crippen LogP contribution in [0.1, 0.15) is 11.1 Å². The van der Waals surface area contributed by atoms with Gasteiger partial charge in [0.05, 0.1) is 5.75 Å². The second-order valence-corrected chi connectivity index (χ2v) is 6.26. The second-order valence-electron chi connectivity index (χ2n) is 3.94. The van der Waals surface area contributed by atoms with Gasteiger partial charge in [0, 0.05) is 22.9 Å². The minimum Gasteiger partial charge on any atom is -0.389 e. The van der Waals surface area contributed by atoms with Gasteiger partial charge in [-0.1, -0.05) is 36.5 Å². The Balaban J connectivity index is 1.75. The third-order valence-electron chi connectivity index (χ3n) is 2.42. The zero-order valence-electron chi connectivity index (χ0n) is 10.5. The SMILES string of the molecule is NC(=S)c1ccc(CSCC(=O)Nc2nccs2)cc1. The van der Waals surface area contributed by atoms with E-state index in [9.17, 15) is 4.79 Å². The lowest BCUT2D eigenvalue weighted by atomic mass is 10.1. The van der Waals surface area contributed by atoms with E-state index in [-0.39, 0.29) is 5.91 Å². The van der Waals surface area contributed by atoms with Crippen LogP contribution in [-0.2, 0) is 10.5 Å². The lowest BCUT2D eigenvalue weighted by Crippen LogP contribution is -2.13. The number of anilines is 1. The maximum atomic E-state index is 11.6. The van der Waals surface area contributed by atoms with Crippen LogP contribution in [-0.4, -0.2) is 21.6 Å². The molecule has 0 aliphatic heterocycles. The van der Waals surface area contributed by atoms with Crippen LogP contribution < -0.4 is 11.1 Å². The quantitative estimate of drug-likeness (QED) is 0.800. The first-order chi connectivity index (χ1) is 9.65. The van der Waals surface area contributed by atoms with Crippen LogP contribution in [0.5, 0.6) is 0 Å². The molecule has 4 nitrogen and oxygen atoms in total. The zero-order valence-corrected chi connectivity index (χ0v) is 13.0. The second kappa shape index (κ2) is 7.37. The van der Waals surface area contributed by atoms with E-state index in [1.165, 1.54) is 11.3 Å². The van der Waals surface area contributed by atoms with Gasteiger partial charge < -0.3 is 11.1 Å². The molecule has 0 aliphatic rings. The van der Waals surface area contributed by atoms with Crippen molar-refractivity contribution < 1.29 is 4.79 Å². The molecule has 0 unspecified atom stereocenters. The molecule has 1 aromatic carbocycles. The maximum absolute atomic E-state index is 11.6. The van der Waals surface area contributed by atoms with E-state index in [0.29, 0.717) is 15.9 Å². The predicted molar refractivity (Wildman–Crippen MR) is 89.2 cm³/mol. The zero-order chi connectivity index (χ0) is 14.4. The van der Waals surface area contributed by atoms with Gasteiger partial charge in [0.1, 0.15) is 4.99 Å². The largest absolute Gasteiger partial charge is 0.389 e. The molecule has 0 saturated carbocycles. The van der Waals surface area contributed by atoms with Crippen LogP contribution in [0.3, 0.4) is 0 Å². The van der Waals surface area contributed by atoms with Crippen molar-refractivity contribution in [3.63, 3.8) is 0 Å². The van der Waals surface area contributed by atoms with E-state index in [0.717, 1.165) is 16.9 Å². The molecule has 1 amide bonds. The van der Waals surface area contributed by atoms with Crippen molar-refractivity contribution in [3.8, 4) is 0 Å². The minimum absolute atomic E-state index is 0.0373. The van der Waals surface area contributed by atoms with Crippen LogP contribution in [0.25, 0.3) is 0 Å². The number of rotatable bonds is 6. The number of thiocarbonyl (C=S) groups is 1. The predicted octanol–water partition coefficient (Wildman–Crippen LogP) is 2.65. The number of nitrogens with zero attached hydrogens (tertiary/aromatic N) is 1. The maximum Gasteiger partial charge on any atom is 0.236 e. The summed E-state index contributed by atoms with van der Waals surface area (Å²) in [7, 11) is 0. The van der Waals surface area contributed by atoms with Crippen LogP contribution in [0.2, 0.25) is 0 Å². The summed E-state index contributed by atoms with van der Waals surface area (Å²) in [5.41, 5.74) is 7.53. The lowest BCUT2D eigenvalue weighted by molar-refractivity contribution is -0.113. The smallest absolute Gasteiger partial charge is 0.236 e. The number of amides is 1. The number of thioether (sulfide) groups is 1. The Labute approximate surface area is 130 Å². The number of hydrogen-bond acceptors (Lipinski definition) is 5. The van der Waals surface area contributed by atoms with E-state index >= 15 is 0 Å². The van der Waals surface area contributed by atoms with Gasteiger partial charge in [-0.15, -0.1) is 23.1 Å². The molecule has 0 fully saturated rings. The van der Waals surface area contributed by atoms with E-state index < -0.39 is 0 Å². The molecule has 104 valence electrons. The third kappa shape index (κ3) is 4.59. The molecule has 0 saturated heterocycles. The molecule has 1 aromatic heterocycles. The summed E-state index contributed by atoms with van der Waals surface area (Å²) in [5.74, 6) is 1.13. The number of carbonyl (C=O) groups excluding carboxylic acids is 1. The fraction of sp³-hybridized carbons (Fsp3) is 0.154. The van der Waals surface area contributed by atoms with Crippen molar-refractivity contribution in [1.82, 2.24) is 4.98 Å². The summed E-state index contributed by atoms with van der Waals surface area (Å²) in [5, 5.41) is 5.21. The van der Waals surface area contributed by atoms with E-state index in [4.69, 9.17) is 18.0 Å².